The van der Waals surface area contributed by atoms with E-state index in [0.717, 1.165) is 0 Å². The highest BCUT2D eigenvalue weighted by Gasteiger charge is 2.49. The summed E-state index contributed by atoms with van der Waals surface area (Å²) in [5.74, 6) is -2.66. The number of carboxylic acids is 1. The van der Waals surface area contributed by atoms with Gasteiger partial charge in [0.05, 0.1) is 0 Å². The van der Waals surface area contributed by atoms with Gasteiger partial charge in [-0.15, -0.1) is 0 Å². The fraction of sp³-hybridized carbons (Fsp3) is 0.769. The van der Waals surface area contributed by atoms with Crippen LogP contribution in [0.25, 0.3) is 0 Å². The summed E-state index contributed by atoms with van der Waals surface area (Å²) < 4.78 is 9.68. The minimum Gasteiger partial charge on any atom is -0.479 e. The quantitative estimate of drug-likeness (QED) is 0.203. The molecule has 0 saturated carbocycles. The minimum absolute atomic E-state index is 0.00359. The van der Waals surface area contributed by atoms with Gasteiger partial charge in [-0.3, -0.25) is 4.79 Å². The van der Waals surface area contributed by atoms with E-state index in [0.29, 0.717) is 0 Å². The Hall–Kier alpha value is -1.67. The molecule has 0 aromatic carbocycles. The molecule has 1 heterocycles. The van der Waals surface area contributed by atoms with Crippen molar-refractivity contribution in [2.24, 2.45) is 0 Å². The molecule has 1 fully saturated rings. The fourth-order valence-electron chi connectivity index (χ4n) is 2.13. The van der Waals surface area contributed by atoms with Gasteiger partial charge < -0.3 is 50.2 Å². The Bertz CT molecular complexity index is 487. The summed E-state index contributed by atoms with van der Waals surface area (Å²) in [5.41, 5.74) is 0. The molecule has 1 rings (SSSR count). The number of aliphatic hydroxyl groups is 5. The van der Waals surface area contributed by atoms with Gasteiger partial charge in [-0.05, 0) is 6.92 Å². The van der Waals surface area contributed by atoms with Gasteiger partial charge in [0.15, 0.2) is 24.8 Å². The summed E-state index contributed by atoms with van der Waals surface area (Å²) in [4.78, 5) is 33.5. The van der Waals surface area contributed by atoms with Crippen LogP contribution in [-0.2, 0) is 23.9 Å². The maximum absolute atomic E-state index is 11.5. The number of aliphatic hydroxyl groups excluding tert-OH is 5. The predicted octanol–water partition coefficient (Wildman–Crippen LogP) is -4.68. The number of aliphatic carboxylic acids is 1. The van der Waals surface area contributed by atoms with Crippen molar-refractivity contribution in [2.45, 2.75) is 55.9 Å². The number of likely N-dealkylation sites (N-methyl/N-ethyl adjacent to an activating group) is 1. The lowest BCUT2D eigenvalue weighted by molar-refractivity contribution is -0.307. The number of hydrogen-bond donors (Lipinski definition) is 7. The van der Waals surface area contributed by atoms with E-state index in [4.69, 9.17) is 14.6 Å². The molecule has 0 spiro atoms. The van der Waals surface area contributed by atoms with E-state index >= 15 is 0 Å². The fourth-order valence-corrected chi connectivity index (χ4v) is 2.13. The monoisotopic (exact) mass is 367 g/mol. The van der Waals surface area contributed by atoms with Gasteiger partial charge in [0.1, 0.15) is 30.5 Å². The van der Waals surface area contributed by atoms with Crippen molar-refractivity contribution in [3.8, 4) is 0 Å². The maximum atomic E-state index is 11.5. The molecule has 0 radical (unpaired) electrons. The summed E-state index contributed by atoms with van der Waals surface area (Å²) in [6.45, 7) is 1.69. The normalized spacial score (nSPS) is 33.1. The Balaban J connectivity index is 2.86. The lowest BCUT2D eigenvalue weighted by atomic mass is 9.98. The standard InChI is InChI=1S/C13H21NO11/c1-2-14-11(21)8(19)5(16)4(3-15)24-13-9(20)6(17)7(18)10(25-13)12(22)23/h3-10,13,16-20H,2H2,1H3,(H,14,21)(H,22,23)/t4-,5+,6+,7+,8-,9?,10?,13+/m1/s1. The Morgan fingerprint density at radius 1 is 1.20 bits per heavy atom. The third-order valence-corrected chi connectivity index (χ3v) is 3.52. The molecule has 0 aliphatic carbocycles. The summed E-state index contributed by atoms with van der Waals surface area (Å²) in [6.07, 6.45) is -15.8. The second-order valence-electron chi connectivity index (χ2n) is 5.30. The van der Waals surface area contributed by atoms with Crippen molar-refractivity contribution in [3.05, 3.63) is 0 Å². The van der Waals surface area contributed by atoms with Crippen LogP contribution in [0.2, 0.25) is 0 Å². The Morgan fingerprint density at radius 3 is 2.28 bits per heavy atom. The number of rotatable bonds is 8. The summed E-state index contributed by atoms with van der Waals surface area (Å²) in [6, 6.07) is 0. The zero-order valence-electron chi connectivity index (χ0n) is 13.1. The van der Waals surface area contributed by atoms with E-state index in [1.165, 1.54) is 0 Å². The topological polar surface area (TPSA) is 203 Å². The molecule has 0 aromatic heterocycles. The first-order valence-corrected chi connectivity index (χ1v) is 7.32. The summed E-state index contributed by atoms with van der Waals surface area (Å²) in [5, 5.41) is 59.6. The molecule has 0 aromatic rings. The third-order valence-electron chi connectivity index (χ3n) is 3.52. The van der Waals surface area contributed by atoms with Crippen molar-refractivity contribution in [1.29, 1.82) is 0 Å². The molecule has 1 aliphatic rings. The van der Waals surface area contributed by atoms with Gasteiger partial charge in [-0.1, -0.05) is 0 Å². The van der Waals surface area contributed by atoms with Gasteiger partial charge in [0.2, 0.25) is 0 Å². The van der Waals surface area contributed by atoms with Crippen LogP contribution in [0.3, 0.4) is 0 Å². The first-order chi connectivity index (χ1) is 11.6. The number of carboxylic acid groups (broad SMARTS) is 1. The highest BCUT2D eigenvalue weighted by atomic mass is 16.7. The van der Waals surface area contributed by atoms with Gasteiger partial charge in [-0.25, -0.2) is 4.79 Å². The molecular formula is C13H21NO11. The van der Waals surface area contributed by atoms with Gasteiger partial charge in [0, 0.05) is 6.54 Å². The molecular weight excluding hydrogens is 346 g/mol. The van der Waals surface area contributed by atoms with E-state index in [9.17, 15) is 39.9 Å². The largest absolute Gasteiger partial charge is 0.479 e. The SMILES string of the molecule is CCNC(=O)[C@H](O)[C@@H](O)[C@@H](C=O)O[C@H]1OC(C(=O)O)[C@@H](O)[C@H](O)C1O. The average molecular weight is 367 g/mol. The second kappa shape index (κ2) is 9.15. The molecule has 0 bridgehead atoms. The smallest absolute Gasteiger partial charge is 0.335 e. The van der Waals surface area contributed by atoms with Crippen molar-refractivity contribution < 1.29 is 54.5 Å². The predicted molar refractivity (Wildman–Crippen MR) is 76.0 cm³/mol. The highest BCUT2D eigenvalue weighted by molar-refractivity contribution is 5.81. The second-order valence-corrected chi connectivity index (χ2v) is 5.30. The van der Waals surface area contributed by atoms with Crippen LogP contribution in [0, 0.1) is 0 Å². The van der Waals surface area contributed by atoms with E-state index in [1.54, 1.807) is 6.92 Å². The van der Waals surface area contributed by atoms with Gasteiger partial charge in [-0.2, -0.15) is 0 Å². The van der Waals surface area contributed by atoms with E-state index < -0.39 is 60.9 Å². The molecule has 1 amide bonds. The Morgan fingerprint density at radius 2 is 1.80 bits per heavy atom. The first kappa shape index (κ1) is 21.4. The Labute approximate surface area is 141 Å². The molecule has 1 saturated heterocycles. The molecule has 12 heteroatoms. The van der Waals surface area contributed by atoms with Crippen molar-refractivity contribution in [1.82, 2.24) is 5.32 Å². The van der Waals surface area contributed by atoms with Crippen LogP contribution >= 0.6 is 0 Å². The van der Waals surface area contributed by atoms with E-state index in [1.807, 2.05) is 0 Å². The zero-order valence-corrected chi connectivity index (χ0v) is 13.1. The van der Waals surface area contributed by atoms with Crippen LogP contribution in [0.1, 0.15) is 6.92 Å². The number of amides is 1. The van der Waals surface area contributed by atoms with Crippen molar-refractivity contribution in [2.75, 3.05) is 6.54 Å². The van der Waals surface area contributed by atoms with Crippen LogP contribution in [0.5, 0.6) is 0 Å². The van der Waals surface area contributed by atoms with Crippen molar-refractivity contribution in [3.63, 3.8) is 0 Å². The molecule has 7 N–H and O–H groups in total. The first-order valence-electron chi connectivity index (χ1n) is 7.32. The average Bonchev–Trinajstić information content (AvgIpc) is 2.57. The van der Waals surface area contributed by atoms with Crippen LogP contribution in [0.15, 0.2) is 0 Å². The molecule has 2 unspecified atom stereocenters. The van der Waals surface area contributed by atoms with Gasteiger partial charge in [0.25, 0.3) is 5.91 Å². The Kier molecular flexibility index (Phi) is 7.82. The lowest BCUT2D eigenvalue weighted by Crippen LogP contribution is -2.61. The lowest BCUT2D eigenvalue weighted by Gasteiger charge is -2.39. The molecule has 1 aliphatic heterocycles. The van der Waals surface area contributed by atoms with Crippen LogP contribution < -0.4 is 5.32 Å². The number of carbonyl (C=O) groups excluding carboxylic acids is 2. The number of nitrogens with one attached hydrogen (secondary N) is 1. The number of hydrogen-bond acceptors (Lipinski definition) is 10. The number of aldehydes is 1. The summed E-state index contributed by atoms with van der Waals surface area (Å²) >= 11 is 0. The zero-order chi connectivity index (χ0) is 19.3. The van der Waals surface area contributed by atoms with Crippen LogP contribution in [-0.4, -0.2) is 104 Å². The third kappa shape index (κ3) is 4.92. The molecule has 144 valence electrons. The minimum atomic E-state index is -2.06. The van der Waals surface area contributed by atoms with Crippen molar-refractivity contribution >= 4 is 18.2 Å². The highest BCUT2D eigenvalue weighted by Crippen LogP contribution is 2.24. The molecule has 25 heavy (non-hydrogen) atoms. The van der Waals surface area contributed by atoms with Crippen LogP contribution in [0.4, 0.5) is 0 Å². The maximum Gasteiger partial charge on any atom is 0.335 e. The molecule has 8 atom stereocenters. The number of carbonyl (C=O) groups is 3. The number of ether oxygens (including phenoxy) is 2. The molecule has 12 nitrogen and oxygen atoms in total. The van der Waals surface area contributed by atoms with E-state index in [2.05, 4.69) is 5.32 Å². The summed E-state index contributed by atoms with van der Waals surface area (Å²) in [7, 11) is 0. The van der Waals surface area contributed by atoms with Gasteiger partial charge >= 0.3 is 5.97 Å². The van der Waals surface area contributed by atoms with E-state index in [-0.39, 0.29) is 12.8 Å².